The molecule has 0 spiro atoms. The number of benzene rings is 2. The van der Waals surface area contributed by atoms with E-state index in [1.807, 2.05) is 26.0 Å². The summed E-state index contributed by atoms with van der Waals surface area (Å²) < 4.78 is 34.1. The van der Waals surface area contributed by atoms with Gasteiger partial charge in [-0.2, -0.15) is 0 Å². The Labute approximate surface area is 216 Å². The fourth-order valence-electron chi connectivity index (χ4n) is 5.75. The number of carboxylic acid groups (broad SMARTS) is 1. The van der Waals surface area contributed by atoms with Gasteiger partial charge in [-0.3, -0.25) is 14.7 Å². The molecule has 3 aromatic rings. The second kappa shape index (κ2) is 10.6. The van der Waals surface area contributed by atoms with Crippen LogP contribution in [0.1, 0.15) is 52.0 Å². The average Bonchev–Trinajstić information content (AvgIpc) is 2.88. The van der Waals surface area contributed by atoms with Gasteiger partial charge in [0.15, 0.2) is 11.6 Å². The lowest BCUT2D eigenvalue weighted by Gasteiger charge is -2.32. The Bertz CT molecular complexity index is 1340. The standard InChI is InChI=1S/C30H32F2N2O3/c1-18-22-6-4-14-37-30(22)26(32)15-23(18)29-24(16-28(35)36)19(2)33-27-11-13-34(17-25(27)29)12-3-5-20-7-9-21(31)10-8-20/h7-10,15H,3-6,11-14,16-17H2,1-2H3,(H,35,36). The zero-order valence-corrected chi connectivity index (χ0v) is 21.4. The second-order valence-corrected chi connectivity index (χ2v) is 10.1. The third kappa shape index (κ3) is 5.23. The third-order valence-corrected chi connectivity index (χ3v) is 7.62. The Balaban J connectivity index is 1.51. The Morgan fingerprint density at radius 1 is 1.14 bits per heavy atom. The number of aromatic nitrogens is 1. The minimum atomic E-state index is -0.933. The molecule has 0 fully saturated rings. The largest absolute Gasteiger partial charge is 0.490 e. The van der Waals surface area contributed by atoms with Crippen LogP contribution < -0.4 is 4.74 Å². The van der Waals surface area contributed by atoms with Gasteiger partial charge < -0.3 is 9.84 Å². The molecule has 0 atom stereocenters. The lowest BCUT2D eigenvalue weighted by molar-refractivity contribution is -0.136. The molecule has 0 radical (unpaired) electrons. The smallest absolute Gasteiger partial charge is 0.307 e. The van der Waals surface area contributed by atoms with Gasteiger partial charge in [-0.05, 0) is 97.7 Å². The number of fused-ring (bicyclic) bond motifs is 2. The van der Waals surface area contributed by atoms with Crippen LogP contribution in [0.4, 0.5) is 8.78 Å². The molecule has 2 aromatic carbocycles. The van der Waals surface area contributed by atoms with Crippen molar-refractivity contribution in [3.63, 3.8) is 0 Å². The predicted molar refractivity (Wildman–Crippen MR) is 138 cm³/mol. The SMILES string of the molecule is Cc1nc2c(c(-c3cc(F)c4c(c3C)CCCO4)c1CC(=O)O)CN(CCCc1ccc(F)cc1)CC2. The molecule has 0 aliphatic carbocycles. The van der Waals surface area contributed by atoms with E-state index in [-0.39, 0.29) is 12.2 Å². The molecule has 0 saturated carbocycles. The van der Waals surface area contributed by atoms with Crippen LogP contribution in [0.15, 0.2) is 30.3 Å². The van der Waals surface area contributed by atoms with E-state index in [0.717, 1.165) is 84.3 Å². The topological polar surface area (TPSA) is 62.7 Å². The minimum Gasteiger partial charge on any atom is -0.490 e. The normalized spacial score (nSPS) is 15.1. The number of hydrogen-bond donors (Lipinski definition) is 1. The van der Waals surface area contributed by atoms with Crippen LogP contribution in [0, 0.1) is 25.5 Å². The Morgan fingerprint density at radius 3 is 2.68 bits per heavy atom. The van der Waals surface area contributed by atoms with Crippen LogP contribution in [0.25, 0.3) is 11.1 Å². The molecule has 0 saturated heterocycles. The Kier molecular flexibility index (Phi) is 7.24. The highest BCUT2D eigenvalue weighted by Crippen LogP contribution is 2.42. The van der Waals surface area contributed by atoms with E-state index in [0.29, 0.717) is 30.2 Å². The highest BCUT2D eigenvalue weighted by Gasteiger charge is 2.29. The highest BCUT2D eigenvalue weighted by molar-refractivity contribution is 5.82. The molecule has 0 amide bonds. The number of carboxylic acids is 1. The van der Waals surface area contributed by atoms with Gasteiger partial charge in [0, 0.05) is 36.5 Å². The van der Waals surface area contributed by atoms with Crippen LogP contribution in [0.2, 0.25) is 0 Å². The van der Waals surface area contributed by atoms with Crippen molar-refractivity contribution in [2.24, 2.45) is 0 Å². The summed E-state index contributed by atoms with van der Waals surface area (Å²) in [5.41, 5.74) is 7.78. The molecule has 7 heteroatoms. The fraction of sp³-hybridized carbons (Fsp3) is 0.400. The van der Waals surface area contributed by atoms with E-state index in [4.69, 9.17) is 9.72 Å². The number of carbonyl (C=O) groups is 1. The quantitative estimate of drug-likeness (QED) is 0.453. The summed E-state index contributed by atoms with van der Waals surface area (Å²) in [6.07, 6.45) is 3.92. The van der Waals surface area contributed by atoms with E-state index < -0.39 is 11.8 Å². The van der Waals surface area contributed by atoms with Crippen molar-refractivity contribution in [1.82, 2.24) is 9.88 Å². The summed E-state index contributed by atoms with van der Waals surface area (Å²) in [5.74, 6) is -1.23. The lowest BCUT2D eigenvalue weighted by atomic mass is 9.84. The first-order valence-electron chi connectivity index (χ1n) is 13.0. The predicted octanol–water partition coefficient (Wildman–Crippen LogP) is 5.59. The monoisotopic (exact) mass is 506 g/mol. The van der Waals surface area contributed by atoms with Gasteiger partial charge in [0.1, 0.15) is 5.82 Å². The van der Waals surface area contributed by atoms with Crippen molar-refractivity contribution in [2.75, 3.05) is 19.7 Å². The van der Waals surface area contributed by atoms with Gasteiger partial charge in [-0.25, -0.2) is 8.78 Å². The van der Waals surface area contributed by atoms with Gasteiger partial charge in [0.25, 0.3) is 0 Å². The van der Waals surface area contributed by atoms with Crippen molar-refractivity contribution in [1.29, 1.82) is 0 Å². The first kappa shape index (κ1) is 25.3. The van der Waals surface area contributed by atoms with Crippen LogP contribution in [-0.4, -0.2) is 40.7 Å². The molecule has 37 heavy (non-hydrogen) atoms. The summed E-state index contributed by atoms with van der Waals surface area (Å²) >= 11 is 0. The van der Waals surface area contributed by atoms with Gasteiger partial charge in [0.2, 0.25) is 0 Å². The molecule has 5 nitrogen and oxygen atoms in total. The van der Waals surface area contributed by atoms with Crippen molar-refractivity contribution in [3.05, 3.63) is 81.2 Å². The number of aryl methyl sites for hydroxylation is 2. The summed E-state index contributed by atoms with van der Waals surface area (Å²) in [5, 5.41) is 9.72. The maximum Gasteiger partial charge on any atom is 0.307 e. The van der Waals surface area contributed by atoms with Gasteiger partial charge in [-0.15, -0.1) is 0 Å². The maximum atomic E-state index is 15.3. The van der Waals surface area contributed by atoms with E-state index in [1.165, 1.54) is 18.2 Å². The average molecular weight is 507 g/mol. The van der Waals surface area contributed by atoms with Gasteiger partial charge >= 0.3 is 5.97 Å². The van der Waals surface area contributed by atoms with Crippen molar-refractivity contribution >= 4 is 5.97 Å². The first-order valence-corrected chi connectivity index (χ1v) is 13.0. The molecular formula is C30H32F2N2O3. The van der Waals surface area contributed by atoms with Gasteiger partial charge in [-0.1, -0.05) is 12.1 Å². The number of ether oxygens (including phenoxy) is 1. The zero-order valence-electron chi connectivity index (χ0n) is 21.4. The van der Waals surface area contributed by atoms with Crippen LogP contribution >= 0.6 is 0 Å². The van der Waals surface area contributed by atoms with E-state index in [9.17, 15) is 14.3 Å². The highest BCUT2D eigenvalue weighted by atomic mass is 19.1. The minimum absolute atomic E-state index is 0.166. The van der Waals surface area contributed by atoms with Crippen molar-refractivity contribution in [3.8, 4) is 16.9 Å². The van der Waals surface area contributed by atoms with E-state index >= 15 is 4.39 Å². The summed E-state index contributed by atoms with van der Waals surface area (Å²) in [7, 11) is 0. The molecule has 1 aromatic heterocycles. The molecule has 3 heterocycles. The number of nitrogens with zero attached hydrogens (tertiary/aromatic N) is 2. The summed E-state index contributed by atoms with van der Waals surface area (Å²) in [4.78, 5) is 19.0. The second-order valence-electron chi connectivity index (χ2n) is 10.1. The molecule has 0 unspecified atom stereocenters. The van der Waals surface area contributed by atoms with Gasteiger partial charge in [0.05, 0.1) is 13.0 Å². The Morgan fingerprint density at radius 2 is 1.92 bits per heavy atom. The van der Waals surface area contributed by atoms with E-state index in [2.05, 4.69) is 4.90 Å². The fourth-order valence-corrected chi connectivity index (χ4v) is 5.75. The van der Waals surface area contributed by atoms with Crippen molar-refractivity contribution in [2.45, 2.75) is 58.9 Å². The maximum absolute atomic E-state index is 15.3. The van der Waals surface area contributed by atoms with Crippen LogP contribution in [0.3, 0.4) is 0 Å². The number of halogens is 2. The molecule has 2 aliphatic heterocycles. The van der Waals surface area contributed by atoms with Crippen LogP contribution in [-0.2, 0) is 37.0 Å². The van der Waals surface area contributed by atoms with E-state index in [1.54, 1.807) is 0 Å². The zero-order chi connectivity index (χ0) is 26.1. The van der Waals surface area contributed by atoms with Crippen molar-refractivity contribution < 1.29 is 23.4 Å². The first-order chi connectivity index (χ1) is 17.8. The molecule has 194 valence electrons. The molecule has 5 rings (SSSR count). The molecular weight excluding hydrogens is 474 g/mol. The van der Waals surface area contributed by atoms with Crippen LogP contribution in [0.5, 0.6) is 5.75 Å². The number of hydrogen-bond acceptors (Lipinski definition) is 4. The number of pyridine rings is 1. The lowest BCUT2D eigenvalue weighted by Crippen LogP contribution is -2.33. The number of aliphatic carboxylic acids is 1. The third-order valence-electron chi connectivity index (χ3n) is 7.62. The summed E-state index contributed by atoms with van der Waals surface area (Å²) in [6.45, 7) is 6.67. The Hall–Kier alpha value is -3.32. The molecule has 1 N–H and O–H groups in total. The summed E-state index contributed by atoms with van der Waals surface area (Å²) in [6, 6.07) is 8.14. The number of rotatable bonds is 7. The molecule has 0 bridgehead atoms. The molecule has 2 aliphatic rings.